The van der Waals surface area contributed by atoms with E-state index in [4.69, 9.17) is 5.73 Å². The first kappa shape index (κ1) is 11.6. The zero-order valence-electron chi connectivity index (χ0n) is 8.76. The molecule has 0 fully saturated rings. The molecule has 5 heteroatoms. The van der Waals surface area contributed by atoms with Gasteiger partial charge in [-0.3, -0.25) is 10.1 Å². The highest BCUT2D eigenvalue weighted by atomic mass is 79.9. The molecule has 86 valence electrons. The van der Waals surface area contributed by atoms with Crippen molar-refractivity contribution < 1.29 is 4.92 Å². The molecule has 0 heterocycles. The standard InChI is InChI=1S/C12H9BrN2O2/c13-9-3-6-12(14)11(7-9)8-1-4-10(5-2-8)15(16)17/h1-7H,14H2. The largest absolute Gasteiger partial charge is 0.398 e. The van der Waals surface area contributed by atoms with Crippen LogP contribution in [0.4, 0.5) is 11.4 Å². The third-order valence-electron chi connectivity index (χ3n) is 2.40. The maximum atomic E-state index is 10.5. The van der Waals surface area contributed by atoms with Crippen LogP contribution in [0.2, 0.25) is 0 Å². The molecule has 2 rings (SSSR count). The third-order valence-corrected chi connectivity index (χ3v) is 2.90. The molecule has 0 aliphatic heterocycles. The smallest absolute Gasteiger partial charge is 0.269 e. The molecule has 0 bridgehead atoms. The van der Waals surface area contributed by atoms with Crippen LogP contribution in [0.15, 0.2) is 46.9 Å². The lowest BCUT2D eigenvalue weighted by Gasteiger charge is -2.06. The van der Waals surface area contributed by atoms with Gasteiger partial charge in [-0.05, 0) is 35.9 Å². The van der Waals surface area contributed by atoms with Crippen LogP contribution in [-0.2, 0) is 0 Å². The summed E-state index contributed by atoms with van der Waals surface area (Å²) in [7, 11) is 0. The van der Waals surface area contributed by atoms with Gasteiger partial charge in [0.05, 0.1) is 4.92 Å². The molecular formula is C12H9BrN2O2. The highest BCUT2D eigenvalue weighted by Gasteiger charge is 2.07. The van der Waals surface area contributed by atoms with E-state index in [1.54, 1.807) is 18.2 Å². The Labute approximate surface area is 106 Å². The highest BCUT2D eigenvalue weighted by Crippen LogP contribution is 2.30. The number of rotatable bonds is 2. The third kappa shape index (κ3) is 2.45. The molecule has 0 saturated carbocycles. The molecule has 2 aromatic rings. The molecule has 0 unspecified atom stereocenters. The van der Waals surface area contributed by atoms with E-state index in [1.165, 1.54) is 12.1 Å². The summed E-state index contributed by atoms with van der Waals surface area (Å²) in [4.78, 5) is 10.1. The number of nitro benzene ring substituents is 1. The van der Waals surface area contributed by atoms with E-state index < -0.39 is 4.92 Å². The summed E-state index contributed by atoms with van der Waals surface area (Å²) in [5.41, 5.74) is 8.29. The molecule has 0 atom stereocenters. The summed E-state index contributed by atoms with van der Waals surface area (Å²) in [6, 6.07) is 11.8. The molecule has 0 radical (unpaired) electrons. The zero-order chi connectivity index (χ0) is 12.4. The summed E-state index contributed by atoms with van der Waals surface area (Å²) in [5, 5.41) is 10.5. The van der Waals surface area contributed by atoms with E-state index in [1.807, 2.05) is 12.1 Å². The van der Waals surface area contributed by atoms with Crippen molar-refractivity contribution in [3.05, 3.63) is 57.1 Å². The number of nitrogens with zero attached hydrogens (tertiary/aromatic N) is 1. The fourth-order valence-corrected chi connectivity index (χ4v) is 1.90. The summed E-state index contributed by atoms with van der Waals surface area (Å²) in [5.74, 6) is 0. The minimum atomic E-state index is -0.423. The van der Waals surface area contributed by atoms with Crippen LogP contribution < -0.4 is 5.73 Å². The Balaban J connectivity index is 2.46. The van der Waals surface area contributed by atoms with Crippen molar-refractivity contribution >= 4 is 27.3 Å². The summed E-state index contributed by atoms with van der Waals surface area (Å²) >= 11 is 3.37. The van der Waals surface area contributed by atoms with Gasteiger partial charge in [-0.25, -0.2) is 0 Å². The second-order valence-corrected chi connectivity index (χ2v) is 4.45. The summed E-state index contributed by atoms with van der Waals surface area (Å²) in [6.07, 6.45) is 0. The van der Waals surface area contributed by atoms with Crippen LogP contribution in [0.5, 0.6) is 0 Å². The van der Waals surface area contributed by atoms with Crippen LogP contribution in [0.3, 0.4) is 0 Å². The predicted molar refractivity (Wildman–Crippen MR) is 70.6 cm³/mol. The molecular weight excluding hydrogens is 284 g/mol. The van der Waals surface area contributed by atoms with E-state index in [0.717, 1.165) is 15.6 Å². The summed E-state index contributed by atoms with van der Waals surface area (Å²) < 4.78 is 0.917. The Morgan fingerprint density at radius 2 is 1.76 bits per heavy atom. The van der Waals surface area contributed by atoms with Crippen molar-refractivity contribution in [2.45, 2.75) is 0 Å². The van der Waals surface area contributed by atoms with Gasteiger partial charge in [-0.1, -0.05) is 15.9 Å². The maximum absolute atomic E-state index is 10.5. The molecule has 0 spiro atoms. The topological polar surface area (TPSA) is 69.2 Å². The number of benzene rings is 2. The molecule has 0 aliphatic carbocycles. The molecule has 2 N–H and O–H groups in total. The molecule has 0 amide bonds. The van der Waals surface area contributed by atoms with Crippen molar-refractivity contribution in [3.63, 3.8) is 0 Å². The highest BCUT2D eigenvalue weighted by molar-refractivity contribution is 9.10. The van der Waals surface area contributed by atoms with Crippen LogP contribution >= 0.6 is 15.9 Å². The van der Waals surface area contributed by atoms with Crippen molar-refractivity contribution in [1.82, 2.24) is 0 Å². The molecule has 0 aromatic heterocycles. The Kier molecular flexibility index (Phi) is 3.10. The number of halogens is 1. The van der Waals surface area contributed by atoms with Crippen LogP contribution in [0.25, 0.3) is 11.1 Å². The Hall–Kier alpha value is -1.88. The minimum Gasteiger partial charge on any atom is -0.398 e. The van der Waals surface area contributed by atoms with Gasteiger partial charge >= 0.3 is 0 Å². The van der Waals surface area contributed by atoms with E-state index in [0.29, 0.717) is 5.69 Å². The van der Waals surface area contributed by atoms with Crippen LogP contribution in [-0.4, -0.2) is 4.92 Å². The van der Waals surface area contributed by atoms with Crippen molar-refractivity contribution in [1.29, 1.82) is 0 Å². The Bertz CT molecular complexity index is 567. The predicted octanol–water partition coefficient (Wildman–Crippen LogP) is 3.61. The van der Waals surface area contributed by atoms with Crippen LogP contribution in [0, 0.1) is 10.1 Å². The Morgan fingerprint density at radius 3 is 2.35 bits per heavy atom. The fourth-order valence-electron chi connectivity index (χ4n) is 1.54. The fraction of sp³-hybridized carbons (Fsp3) is 0. The quantitative estimate of drug-likeness (QED) is 0.522. The van der Waals surface area contributed by atoms with E-state index >= 15 is 0 Å². The molecule has 0 saturated heterocycles. The average molecular weight is 293 g/mol. The molecule has 0 aliphatic rings. The lowest BCUT2D eigenvalue weighted by molar-refractivity contribution is -0.384. The van der Waals surface area contributed by atoms with Gasteiger partial charge in [-0.2, -0.15) is 0 Å². The first-order valence-electron chi connectivity index (χ1n) is 4.88. The number of hydrogen-bond donors (Lipinski definition) is 1. The zero-order valence-corrected chi connectivity index (χ0v) is 10.3. The molecule has 2 aromatic carbocycles. The van der Waals surface area contributed by atoms with Crippen molar-refractivity contribution in [2.75, 3.05) is 5.73 Å². The van der Waals surface area contributed by atoms with E-state index in [9.17, 15) is 10.1 Å². The van der Waals surface area contributed by atoms with Gasteiger partial charge in [0.2, 0.25) is 0 Å². The first-order chi connectivity index (χ1) is 8.08. The average Bonchev–Trinajstić information content (AvgIpc) is 2.32. The number of nitrogens with two attached hydrogens (primary N) is 1. The number of non-ortho nitro benzene ring substituents is 1. The normalized spacial score (nSPS) is 10.2. The second kappa shape index (κ2) is 4.55. The maximum Gasteiger partial charge on any atom is 0.269 e. The number of nitrogen functional groups attached to an aromatic ring is 1. The minimum absolute atomic E-state index is 0.0716. The lowest BCUT2D eigenvalue weighted by Crippen LogP contribution is -1.91. The number of hydrogen-bond acceptors (Lipinski definition) is 3. The second-order valence-electron chi connectivity index (χ2n) is 3.54. The van der Waals surface area contributed by atoms with Gasteiger partial charge in [0.25, 0.3) is 5.69 Å². The molecule has 17 heavy (non-hydrogen) atoms. The van der Waals surface area contributed by atoms with E-state index in [2.05, 4.69) is 15.9 Å². The number of nitro groups is 1. The molecule has 4 nitrogen and oxygen atoms in total. The van der Waals surface area contributed by atoms with Crippen molar-refractivity contribution in [3.8, 4) is 11.1 Å². The van der Waals surface area contributed by atoms with Gasteiger partial charge in [-0.15, -0.1) is 0 Å². The van der Waals surface area contributed by atoms with Gasteiger partial charge in [0, 0.05) is 27.9 Å². The SMILES string of the molecule is Nc1ccc(Br)cc1-c1ccc([N+](=O)[O-])cc1. The monoisotopic (exact) mass is 292 g/mol. The van der Waals surface area contributed by atoms with Crippen molar-refractivity contribution in [2.24, 2.45) is 0 Å². The van der Waals surface area contributed by atoms with Gasteiger partial charge < -0.3 is 5.73 Å². The Morgan fingerprint density at radius 1 is 1.12 bits per heavy atom. The van der Waals surface area contributed by atoms with Gasteiger partial charge in [0.15, 0.2) is 0 Å². The van der Waals surface area contributed by atoms with Gasteiger partial charge in [0.1, 0.15) is 0 Å². The summed E-state index contributed by atoms with van der Waals surface area (Å²) in [6.45, 7) is 0. The lowest BCUT2D eigenvalue weighted by atomic mass is 10.0. The first-order valence-corrected chi connectivity index (χ1v) is 5.67. The number of anilines is 1. The van der Waals surface area contributed by atoms with Crippen LogP contribution in [0.1, 0.15) is 0 Å². The van der Waals surface area contributed by atoms with E-state index in [-0.39, 0.29) is 5.69 Å².